The number of unbranched alkanes of at least 4 members (excludes halogenated alkanes) is 11. The maximum Gasteiger partial charge on any atom is 1.00 e. The van der Waals surface area contributed by atoms with Crippen LogP contribution in [0.15, 0.2) is 0 Å². The Morgan fingerprint density at radius 3 is 1.67 bits per heavy atom. The molecular weight excluding hydrogens is 313 g/mol. The predicted octanol–water partition coefficient (Wildman–Crippen LogP) is -1.01. The molecule has 6 heteroatoms. The van der Waals surface area contributed by atoms with Gasteiger partial charge in [-0.25, -0.2) is 0 Å². The third-order valence-electron chi connectivity index (χ3n) is 4.15. The molecule has 138 valence electrons. The smallest absolute Gasteiger partial charge is 0.549 e. The van der Waals surface area contributed by atoms with Gasteiger partial charge in [0.05, 0.1) is 12.1 Å². The number of nitrogens with two attached hydrogens (primary N) is 2. The van der Waals surface area contributed by atoms with E-state index < -0.39 is 12.1 Å². The number of carboxylic acids is 1. The summed E-state index contributed by atoms with van der Waals surface area (Å²) in [5.41, 5.74) is 11.1. The van der Waals surface area contributed by atoms with E-state index in [0.29, 0.717) is 6.54 Å². The largest absolute Gasteiger partial charge is 1.00 e. The van der Waals surface area contributed by atoms with Gasteiger partial charge in [0.1, 0.15) is 0 Å². The summed E-state index contributed by atoms with van der Waals surface area (Å²) in [6.45, 7) is 3.31. The molecule has 0 unspecified atom stereocenters. The van der Waals surface area contributed by atoms with Crippen LogP contribution in [0.25, 0.3) is 0 Å². The van der Waals surface area contributed by atoms with E-state index >= 15 is 0 Å². The van der Waals surface area contributed by atoms with Crippen molar-refractivity contribution >= 4 is 5.97 Å². The Bertz CT molecular complexity index is 279. The summed E-state index contributed by atoms with van der Waals surface area (Å²) < 4.78 is 0. The molecule has 0 spiro atoms. The molecule has 0 saturated carbocycles. The third-order valence-corrected chi connectivity index (χ3v) is 4.15. The minimum Gasteiger partial charge on any atom is -0.549 e. The van der Waals surface area contributed by atoms with Gasteiger partial charge in [0, 0.05) is 13.1 Å². The van der Waals surface area contributed by atoms with Gasteiger partial charge in [0.2, 0.25) is 0 Å². The Hall–Kier alpha value is 0.350. The first-order chi connectivity index (χ1) is 11.1. The minimum atomic E-state index is -1.07. The van der Waals surface area contributed by atoms with Crippen LogP contribution in [0.4, 0.5) is 0 Å². The first-order valence-electron chi connectivity index (χ1n) is 9.49. The van der Waals surface area contributed by atoms with Crippen LogP contribution in [0.3, 0.4) is 0 Å². The van der Waals surface area contributed by atoms with Gasteiger partial charge in [0.15, 0.2) is 0 Å². The summed E-state index contributed by atoms with van der Waals surface area (Å²) in [5.74, 6) is -1.07. The normalized spacial score (nSPS) is 11.0. The molecule has 0 rings (SSSR count). The molecule has 0 amide bonds. The van der Waals surface area contributed by atoms with Crippen LogP contribution in [0.5, 0.6) is 0 Å². The summed E-state index contributed by atoms with van der Waals surface area (Å²) >= 11 is 0. The van der Waals surface area contributed by atoms with Gasteiger partial charge in [-0.2, -0.15) is 0 Å². The van der Waals surface area contributed by atoms with Crippen LogP contribution in [0, 0.1) is 0 Å². The molecule has 0 aliphatic carbocycles. The van der Waals surface area contributed by atoms with E-state index in [9.17, 15) is 9.90 Å². The number of rotatable bonds is 17. The van der Waals surface area contributed by atoms with Gasteiger partial charge in [0.25, 0.3) is 0 Å². The molecule has 0 saturated heterocycles. The number of carboxylic acid groups (broad SMARTS) is 1. The van der Waals surface area contributed by atoms with Gasteiger partial charge in [-0.1, -0.05) is 77.6 Å². The summed E-state index contributed by atoms with van der Waals surface area (Å²) in [4.78, 5) is 12.4. The average Bonchev–Trinajstić information content (AvgIpc) is 2.47. The molecule has 0 bridgehead atoms. The summed E-state index contributed by atoms with van der Waals surface area (Å²) in [6.07, 6.45) is 15.1. The maximum absolute atomic E-state index is 10.7. The second-order valence-corrected chi connectivity index (χ2v) is 6.66. The molecule has 0 aromatic heterocycles. The van der Waals surface area contributed by atoms with Crippen molar-refractivity contribution in [2.24, 2.45) is 11.5 Å². The maximum atomic E-state index is 10.7. The number of carbonyl (C=O) groups excluding carboxylic acids is 1. The van der Waals surface area contributed by atoms with Crippen molar-refractivity contribution in [3.63, 3.8) is 0 Å². The monoisotopic (exact) mass is 351 g/mol. The number of carbonyl (C=O) groups is 1. The number of hydrogen-bond donors (Lipinski definition) is 2. The Morgan fingerprint density at radius 1 is 0.875 bits per heavy atom. The van der Waals surface area contributed by atoms with E-state index in [1.165, 1.54) is 64.2 Å². The Morgan fingerprint density at radius 2 is 1.29 bits per heavy atom. The molecule has 0 atom stereocenters. The Kier molecular flexibility index (Phi) is 21.8. The first-order valence-corrected chi connectivity index (χ1v) is 9.49. The molecule has 0 aliphatic rings. The third kappa shape index (κ3) is 20.4. The topological polar surface area (TPSA) is 95.4 Å². The molecule has 0 fully saturated rings. The standard InChI is InChI=1S/C18H39N3O2.Na/c1-2-3-4-5-6-7-8-9-10-11-12-13-14-21(15-17(19)20)16-18(22)23;/h17H,2-16,19-20H2,1H3,(H,22,23);/q;+1/p-1. The van der Waals surface area contributed by atoms with Crippen molar-refractivity contribution < 1.29 is 39.5 Å². The molecule has 0 heterocycles. The molecule has 0 radical (unpaired) electrons. The van der Waals surface area contributed by atoms with Crippen molar-refractivity contribution in [1.29, 1.82) is 0 Å². The van der Waals surface area contributed by atoms with Crippen LogP contribution < -0.4 is 46.1 Å². The molecule has 5 nitrogen and oxygen atoms in total. The van der Waals surface area contributed by atoms with Crippen molar-refractivity contribution in [1.82, 2.24) is 4.90 Å². The van der Waals surface area contributed by atoms with Gasteiger partial charge in [-0.05, 0) is 13.0 Å². The van der Waals surface area contributed by atoms with E-state index in [1.807, 2.05) is 0 Å². The second kappa shape index (κ2) is 19.7. The molecule has 24 heavy (non-hydrogen) atoms. The minimum absolute atomic E-state index is 0. The molecule has 0 aliphatic heterocycles. The fourth-order valence-corrected chi connectivity index (χ4v) is 2.89. The van der Waals surface area contributed by atoms with Gasteiger partial charge in [-0.15, -0.1) is 0 Å². The average molecular weight is 352 g/mol. The predicted molar refractivity (Wildman–Crippen MR) is 94.7 cm³/mol. The van der Waals surface area contributed by atoms with Crippen molar-refractivity contribution in [3.05, 3.63) is 0 Å². The van der Waals surface area contributed by atoms with Gasteiger partial charge >= 0.3 is 29.6 Å². The Labute approximate surface area is 171 Å². The zero-order chi connectivity index (χ0) is 17.3. The first kappa shape index (κ1) is 26.6. The molecule has 0 aromatic rings. The fourth-order valence-electron chi connectivity index (χ4n) is 2.89. The fraction of sp³-hybridized carbons (Fsp3) is 0.944. The molecule has 0 aromatic carbocycles. The van der Waals surface area contributed by atoms with Gasteiger partial charge in [-0.3, -0.25) is 4.90 Å². The van der Waals surface area contributed by atoms with Crippen LogP contribution in [0.2, 0.25) is 0 Å². The zero-order valence-electron chi connectivity index (χ0n) is 16.1. The molecule has 4 N–H and O–H groups in total. The number of aliphatic carboxylic acids is 1. The summed E-state index contributed by atoms with van der Waals surface area (Å²) in [7, 11) is 0. The summed E-state index contributed by atoms with van der Waals surface area (Å²) in [6, 6.07) is 0. The van der Waals surface area contributed by atoms with Crippen molar-refractivity contribution in [3.8, 4) is 0 Å². The van der Waals surface area contributed by atoms with E-state index in [-0.39, 0.29) is 36.1 Å². The zero-order valence-corrected chi connectivity index (χ0v) is 18.1. The summed E-state index contributed by atoms with van der Waals surface area (Å²) in [5, 5.41) is 10.7. The Balaban J connectivity index is 0. The van der Waals surface area contributed by atoms with Crippen LogP contribution >= 0.6 is 0 Å². The SMILES string of the molecule is CCCCCCCCCCCCCCN(CC(=O)[O-])CC(N)N.[Na+]. The van der Waals surface area contributed by atoms with E-state index in [1.54, 1.807) is 4.90 Å². The van der Waals surface area contributed by atoms with E-state index in [2.05, 4.69) is 6.92 Å². The van der Waals surface area contributed by atoms with Crippen LogP contribution in [-0.4, -0.2) is 36.7 Å². The van der Waals surface area contributed by atoms with Crippen LogP contribution in [0.1, 0.15) is 84.0 Å². The van der Waals surface area contributed by atoms with E-state index in [4.69, 9.17) is 11.5 Å². The quantitative estimate of drug-likeness (QED) is 0.199. The van der Waals surface area contributed by atoms with Crippen molar-refractivity contribution in [2.45, 2.75) is 90.1 Å². The van der Waals surface area contributed by atoms with Crippen molar-refractivity contribution in [2.75, 3.05) is 19.6 Å². The van der Waals surface area contributed by atoms with Gasteiger partial charge < -0.3 is 21.4 Å². The number of nitrogens with zero attached hydrogens (tertiary/aromatic N) is 1. The number of hydrogen-bond acceptors (Lipinski definition) is 5. The van der Waals surface area contributed by atoms with E-state index in [0.717, 1.165) is 19.4 Å². The van der Waals surface area contributed by atoms with Crippen LogP contribution in [-0.2, 0) is 4.79 Å². The second-order valence-electron chi connectivity index (χ2n) is 6.66. The molecular formula is C18H38N3NaO2.